The summed E-state index contributed by atoms with van der Waals surface area (Å²) < 4.78 is 6.11. The minimum absolute atomic E-state index is 0. The molecule has 2 aromatic rings. The van der Waals surface area contributed by atoms with Crippen LogP contribution in [0, 0.1) is 0 Å². The first-order valence-corrected chi connectivity index (χ1v) is 10.4. The molecule has 0 aromatic heterocycles. The summed E-state index contributed by atoms with van der Waals surface area (Å²) in [6, 6.07) is 14.0. The predicted molar refractivity (Wildman–Crippen MR) is 113 cm³/mol. The number of ketones is 1. The summed E-state index contributed by atoms with van der Waals surface area (Å²) in [7, 11) is 0. The Balaban J connectivity index is 0.00000210. The molecule has 0 N–H and O–H groups in total. The summed E-state index contributed by atoms with van der Waals surface area (Å²) in [5.74, 6) is 1.02. The molecule has 1 saturated heterocycles. The number of nitrogens with zero attached hydrogens (tertiary/aromatic N) is 1. The number of carbonyl (C=O) groups excluding carboxylic acids is 1. The lowest BCUT2D eigenvalue weighted by Crippen LogP contribution is -2.31. The van der Waals surface area contributed by atoms with E-state index < -0.39 is 0 Å². The topological polar surface area (TPSA) is 29.5 Å². The number of piperidine rings is 1. The molecular weight excluding hydrogens is 378 g/mol. The molecule has 27 heavy (non-hydrogen) atoms. The maximum Gasteiger partial charge on any atom is 0.168 e. The Morgan fingerprint density at radius 2 is 1.81 bits per heavy atom. The Hall–Kier alpha value is -1.49. The number of carbonyl (C=O) groups is 1. The highest BCUT2D eigenvalue weighted by Crippen LogP contribution is 2.42. The second-order valence-electron chi connectivity index (χ2n) is 7.05. The average molecular weight is 404 g/mol. The molecule has 3 nitrogen and oxygen atoms in total. The van der Waals surface area contributed by atoms with E-state index in [-0.39, 0.29) is 18.2 Å². The van der Waals surface area contributed by atoms with E-state index in [0.29, 0.717) is 13.0 Å². The van der Waals surface area contributed by atoms with Crippen molar-refractivity contribution in [3.63, 3.8) is 0 Å². The summed E-state index contributed by atoms with van der Waals surface area (Å²) in [6.07, 6.45) is 5.51. The largest absolute Gasteiger partial charge is 0.492 e. The molecule has 144 valence electrons. The monoisotopic (exact) mass is 403 g/mol. The minimum Gasteiger partial charge on any atom is -0.492 e. The Labute approximate surface area is 171 Å². The highest BCUT2D eigenvalue weighted by molar-refractivity contribution is 7.99. The molecule has 0 spiro atoms. The molecule has 5 heteroatoms. The van der Waals surface area contributed by atoms with Crippen LogP contribution in [0.25, 0.3) is 0 Å². The predicted octanol–water partition coefficient (Wildman–Crippen LogP) is 5.25. The third-order valence-electron chi connectivity index (χ3n) is 5.14. The van der Waals surface area contributed by atoms with Gasteiger partial charge >= 0.3 is 0 Å². The van der Waals surface area contributed by atoms with Gasteiger partial charge in [-0.25, -0.2) is 0 Å². The molecule has 0 bridgehead atoms. The van der Waals surface area contributed by atoms with Crippen LogP contribution in [0.15, 0.2) is 52.3 Å². The molecule has 0 saturated carbocycles. The van der Waals surface area contributed by atoms with Crippen LogP contribution < -0.4 is 4.74 Å². The Kier molecular flexibility index (Phi) is 7.22. The molecular formula is C22H26ClNO2S. The summed E-state index contributed by atoms with van der Waals surface area (Å²) >= 11 is 1.66. The third kappa shape index (κ3) is 4.87. The number of Topliss-reactive ketones (excluding diaryl/α,β-unsaturated/α-hetero) is 1. The second kappa shape index (κ2) is 9.63. The van der Waals surface area contributed by atoms with Crippen molar-refractivity contribution in [2.45, 2.75) is 41.9 Å². The number of ether oxygens (including phenoxy) is 1. The number of halogens is 1. The van der Waals surface area contributed by atoms with E-state index in [1.807, 2.05) is 36.4 Å². The number of likely N-dealkylation sites (tertiary alicyclic amines) is 1. The molecule has 0 radical (unpaired) electrons. The van der Waals surface area contributed by atoms with Gasteiger partial charge in [-0.15, -0.1) is 12.4 Å². The maximum atomic E-state index is 12.7. The lowest BCUT2D eigenvalue weighted by atomic mass is 10.0. The zero-order valence-corrected chi connectivity index (χ0v) is 17.1. The normalized spacial score (nSPS) is 16.7. The average Bonchev–Trinajstić information content (AvgIpc) is 2.82. The van der Waals surface area contributed by atoms with Gasteiger partial charge in [0.05, 0.1) is 11.5 Å². The number of benzene rings is 2. The zero-order valence-electron chi connectivity index (χ0n) is 15.5. The molecule has 4 rings (SSSR count). The van der Waals surface area contributed by atoms with Gasteiger partial charge in [-0.3, -0.25) is 4.79 Å². The van der Waals surface area contributed by atoms with Crippen molar-refractivity contribution in [1.29, 1.82) is 0 Å². The lowest BCUT2D eigenvalue weighted by Gasteiger charge is -2.26. The van der Waals surface area contributed by atoms with Crippen LogP contribution in [-0.2, 0) is 6.42 Å². The number of hydrogen-bond donors (Lipinski definition) is 0. The fraction of sp³-hybridized carbons (Fsp3) is 0.409. The molecule has 0 unspecified atom stereocenters. The molecule has 0 atom stereocenters. The van der Waals surface area contributed by atoms with Crippen molar-refractivity contribution in [2.24, 2.45) is 0 Å². The van der Waals surface area contributed by atoms with Gasteiger partial charge in [-0.1, -0.05) is 42.4 Å². The van der Waals surface area contributed by atoms with Crippen LogP contribution in [0.2, 0.25) is 0 Å². The summed E-state index contributed by atoms with van der Waals surface area (Å²) in [5, 5.41) is 0. The van der Waals surface area contributed by atoms with Gasteiger partial charge < -0.3 is 9.64 Å². The fourth-order valence-electron chi connectivity index (χ4n) is 3.74. The second-order valence-corrected chi connectivity index (χ2v) is 8.10. The Morgan fingerprint density at radius 1 is 1.00 bits per heavy atom. The lowest BCUT2D eigenvalue weighted by molar-refractivity contribution is 0.0989. The number of fused-ring (bicyclic) bond motifs is 2. The zero-order chi connectivity index (χ0) is 17.8. The SMILES string of the molecule is Cl.O=C1Cc2ccccc2Sc2c(OCCCN3CCCCC3)cccc21. The highest BCUT2D eigenvalue weighted by Gasteiger charge is 2.23. The number of hydrogen-bond acceptors (Lipinski definition) is 4. The van der Waals surface area contributed by atoms with Crippen LogP contribution in [0.4, 0.5) is 0 Å². The van der Waals surface area contributed by atoms with Gasteiger partial charge in [-0.2, -0.15) is 0 Å². The maximum absolute atomic E-state index is 12.7. The van der Waals surface area contributed by atoms with Crippen molar-refractivity contribution in [1.82, 2.24) is 4.90 Å². The van der Waals surface area contributed by atoms with Gasteiger partial charge in [0.1, 0.15) is 5.75 Å². The van der Waals surface area contributed by atoms with E-state index in [9.17, 15) is 4.79 Å². The van der Waals surface area contributed by atoms with Crippen LogP contribution in [0.5, 0.6) is 5.75 Å². The smallest absolute Gasteiger partial charge is 0.168 e. The molecule has 2 aliphatic heterocycles. The first-order chi connectivity index (χ1) is 12.8. The van der Waals surface area contributed by atoms with Crippen LogP contribution in [0.1, 0.15) is 41.6 Å². The molecule has 0 aliphatic carbocycles. The first-order valence-electron chi connectivity index (χ1n) is 9.58. The summed E-state index contributed by atoms with van der Waals surface area (Å²) in [4.78, 5) is 17.3. The van der Waals surface area contributed by atoms with E-state index in [0.717, 1.165) is 39.6 Å². The van der Waals surface area contributed by atoms with Crippen molar-refractivity contribution in [3.8, 4) is 5.75 Å². The quantitative estimate of drug-likeness (QED) is 0.637. The van der Waals surface area contributed by atoms with E-state index in [4.69, 9.17) is 4.74 Å². The van der Waals surface area contributed by atoms with Crippen molar-refractivity contribution in [2.75, 3.05) is 26.2 Å². The third-order valence-corrected chi connectivity index (χ3v) is 6.38. The van der Waals surface area contributed by atoms with Crippen molar-refractivity contribution < 1.29 is 9.53 Å². The Bertz CT molecular complexity index is 790. The summed E-state index contributed by atoms with van der Waals surface area (Å²) in [5.41, 5.74) is 1.90. The fourth-order valence-corrected chi connectivity index (χ4v) is 4.89. The van der Waals surface area contributed by atoms with Gasteiger partial charge in [0.2, 0.25) is 0 Å². The van der Waals surface area contributed by atoms with E-state index >= 15 is 0 Å². The van der Waals surface area contributed by atoms with Crippen LogP contribution >= 0.6 is 24.2 Å². The standard InChI is InChI=1S/C22H25NO2S.ClH/c24-19-16-17-8-2-3-11-21(17)26-22-18(19)9-6-10-20(22)25-15-7-14-23-12-4-1-5-13-23;/h2-3,6,8-11H,1,4-5,7,12-16H2;1H. The highest BCUT2D eigenvalue weighted by atomic mass is 35.5. The van der Waals surface area contributed by atoms with Crippen LogP contribution in [0.3, 0.4) is 0 Å². The van der Waals surface area contributed by atoms with E-state index in [2.05, 4.69) is 11.0 Å². The number of rotatable bonds is 5. The summed E-state index contributed by atoms with van der Waals surface area (Å²) in [6.45, 7) is 4.25. The first kappa shape index (κ1) is 20.2. The van der Waals surface area contributed by atoms with Crippen LogP contribution in [-0.4, -0.2) is 36.9 Å². The van der Waals surface area contributed by atoms with Gasteiger partial charge in [-0.05, 0) is 56.1 Å². The Morgan fingerprint density at radius 3 is 2.67 bits per heavy atom. The minimum atomic E-state index is 0. The van der Waals surface area contributed by atoms with Crippen molar-refractivity contribution >= 4 is 30.0 Å². The van der Waals surface area contributed by atoms with E-state index in [1.165, 1.54) is 32.4 Å². The molecule has 2 aromatic carbocycles. The molecule has 1 fully saturated rings. The van der Waals surface area contributed by atoms with Crippen molar-refractivity contribution in [3.05, 3.63) is 53.6 Å². The van der Waals surface area contributed by atoms with Gasteiger partial charge in [0, 0.05) is 23.4 Å². The van der Waals surface area contributed by atoms with E-state index in [1.54, 1.807) is 11.8 Å². The van der Waals surface area contributed by atoms with Gasteiger partial charge in [0.25, 0.3) is 0 Å². The molecule has 0 amide bonds. The van der Waals surface area contributed by atoms with Gasteiger partial charge in [0.15, 0.2) is 5.78 Å². The molecule has 2 heterocycles. The molecule has 2 aliphatic rings.